The largest absolute Gasteiger partial charge is 0.323 e. The summed E-state index contributed by atoms with van der Waals surface area (Å²) in [7, 11) is 0. The first kappa shape index (κ1) is 10.2. The van der Waals surface area contributed by atoms with Crippen LogP contribution in [0.5, 0.6) is 0 Å². The van der Waals surface area contributed by atoms with Crippen molar-refractivity contribution in [1.82, 2.24) is 0 Å². The van der Waals surface area contributed by atoms with Gasteiger partial charge in [-0.3, -0.25) is 0 Å². The van der Waals surface area contributed by atoms with Crippen LogP contribution >= 0.6 is 27.3 Å². The fourth-order valence-electron chi connectivity index (χ4n) is 1.04. The Morgan fingerprint density at radius 1 is 1.67 bits per heavy atom. The van der Waals surface area contributed by atoms with Crippen molar-refractivity contribution >= 4 is 27.3 Å². The molecule has 0 amide bonds. The molecular weight excluding hydrogens is 234 g/mol. The van der Waals surface area contributed by atoms with Crippen LogP contribution in [0.1, 0.15) is 31.2 Å². The minimum Gasteiger partial charge on any atom is -0.323 e. The Morgan fingerprint density at radius 2 is 2.33 bits per heavy atom. The van der Waals surface area contributed by atoms with Gasteiger partial charge in [-0.05, 0) is 27.9 Å². The van der Waals surface area contributed by atoms with Gasteiger partial charge >= 0.3 is 0 Å². The highest BCUT2D eigenvalue weighted by atomic mass is 79.9. The third kappa shape index (κ3) is 2.31. The molecule has 68 valence electrons. The van der Waals surface area contributed by atoms with E-state index in [1.54, 1.807) is 11.3 Å². The maximum absolute atomic E-state index is 6.05. The summed E-state index contributed by atoms with van der Waals surface area (Å²) in [6.45, 7) is 4.37. The van der Waals surface area contributed by atoms with Crippen molar-refractivity contribution < 1.29 is 0 Å². The molecule has 3 heteroatoms. The smallest absolute Gasteiger partial charge is 0.0416 e. The highest BCUT2D eigenvalue weighted by Gasteiger charge is 2.14. The molecule has 12 heavy (non-hydrogen) atoms. The molecule has 2 N–H and O–H groups in total. The third-order valence-corrected chi connectivity index (χ3v) is 3.97. The molecule has 0 saturated carbocycles. The molecule has 1 heterocycles. The molecule has 1 aromatic rings. The summed E-state index contributed by atoms with van der Waals surface area (Å²) in [5.74, 6) is 0.565. The lowest BCUT2D eigenvalue weighted by atomic mass is 9.99. The van der Waals surface area contributed by atoms with Crippen molar-refractivity contribution in [3.8, 4) is 0 Å². The summed E-state index contributed by atoms with van der Waals surface area (Å²) in [5, 5.41) is 2.08. The monoisotopic (exact) mass is 247 g/mol. The van der Waals surface area contributed by atoms with Crippen molar-refractivity contribution in [1.29, 1.82) is 0 Å². The maximum Gasteiger partial charge on any atom is 0.0416 e. The summed E-state index contributed by atoms with van der Waals surface area (Å²) in [6, 6.07) is 2.31. The van der Waals surface area contributed by atoms with Crippen LogP contribution in [0.3, 0.4) is 0 Å². The van der Waals surface area contributed by atoms with Crippen molar-refractivity contribution in [2.45, 2.75) is 26.3 Å². The molecule has 1 aromatic heterocycles. The number of hydrogen-bond donors (Lipinski definition) is 1. The minimum absolute atomic E-state index is 0.200. The molecule has 0 radical (unpaired) electrons. The molecule has 0 fully saturated rings. The average Bonchev–Trinajstić information content (AvgIpc) is 2.49. The van der Waals surface area contributed by atoms with Crippen LogP contribution in [-0.4, -0.2) is 0 Å². The average molecular weight is 248 g/mol. The lowest BCUT2D eigenvalue weighted by Crippen LogP contribution is -2.16. The predicted octanol–water partition coefficient (Wildman–Crippen LogP) is 3.56. The van der Waals surface area contributed by atoms with Crippen LogP contribution in [0, 0.1) is 5.92 Å². The van der Waals surface area contributed by atoms with Crippen LogP contribution in [0.2, 0.25) is 0 Å². The van der Waals surface area contributed by atoms with Crippen molar-refractivity contribution in [3.05, 3.63) is 20.8 Å². The van der Waals surface area contributed by atoms with E-state index in [0.717, 1.165) is 10.9 Å². The third-order valence-electron chi connectivity index (χ3n) is 2.17. The van der Waals surface area contributed by atoms with Gasteiger partial charge in [-0.25, -0.2) is 0 Å². The van der Waals surface area contributed by atoms with Gasteiger partial charge in [0.15, 0.2) is 0 Å². The molecular formula is C9H14BrNS. The number of rotatable bonds is 3. The van der Waals surface area contributed by atoms with Gasteiger partial charge in [-0.15, -0.1) is 11.3 Å². The normalized spacial score (nSPS) is 16.0. The van der Waals surface area contributed by atoms with E-state index in [1.807, 2.05) is 0 Å². The topological polar surface area (TPSA) is 26.0 Å². The summed E-state index contributed by atoms with van der Waals surface area (Å²) in [6.07, 6.45) is 1.14. The highest BCUT2D eigenvalue weighted by Crippen LogP contribution is 2.29. The SMILES string of the molecule is CCC(C)[C@H](N)c1cc(Br)cs1. The molecule has 0 aliphatic rings. The van der Waals surface area contributed by atoms with E-state index >= 15 is 0 Å². The Hall–Kier alpha value is 0.140. The Bertz CT molecular complexity index is 246. The predicted molar refractivity (Wildman–Crippen MR) is 58.4 cm³/mol. The summed E-state index contributed by atoms with van der Waals surface area (Å²) >= 11 is 5.16. The zero-order valence-electron chi connectivity index (χ0n) is 7.38. The van der Waals surface area contributed by atoms with Gasteiger partial charge in [0, 0.05) is 20.8 Å². The van der Waals surface area contributed by atoms with Gasteiger partial charge < -0.3 is 5.73 Å². The van der Waals surface area contributed by atoms with Gasteiger partial charge in [-0.2, -0.15) is 0 Å². The van der Waals surface area contributed by atoms with Crippen molar-refractivity contribution in [2.75, 3.05) is 0 Å². The standard InChI is InChI=1S/C9H14BrNS/c1-3-6(2)9(11)8-4-7(10)5-12-8/h4-6,9H,3,11H2,1-2H3/t6?,9-/m0/s1. The van der Waals surface area contributed by atoms with Gasteiger partial charge in [0.25, 0.3) is 0 Å². The van der Waals surface area contributed by atoms with E-state index in [4.69, 9.17) is 5.73 Å². The lowest BCUT2D eigenvalue weighted by Gasteiger charge is -2.16. The Labute approximate surface area is 86.1 Å². The Balaban J connectivity index is 2.70. The molecule has 1 nitrogen and oxygen atoms in total. The van der Waals surface area contributed by atoms with Gasteiger partial charge in [0.1, 0.15) is 0 Å². The second kappa shape index (κ2) is 4.40. The van der Waals surface area contributed by atoms with Crippen molar-refractivity contribution in [2.24, 2.45) is 11.7 Å². The fraction of sp³-hybridized carbons (Fsp3) is 0.556. The Kier molecular flexibility index (Phi) is 3.75. The highest BCUT2D eigenvalue weighted by molar-refractivity contribution is 9.10. The van der Waals surface area contributed by atoms with Crippen molar-refractivity contribution in [3.63, 3.8) is 0 Å². The summed E-state index contributed by atoms with van der Waals surface area (Å²) in [4.78, 5) is 1.27. The molecule has 0 saturated heterocycles. The van der Waals surface area contributed by atoms with Gasteiger partial charge in [0.05, 0.1) is 0 Å². The van der Waals surface area contributed by atoms with Crippen LogP contribution in [0.4, 0.5) is 0 Å². The summed E-state index contributed by atoms with van der Waals surface area (Å²) in [5.41, 5.74) is 6.05. The van der Waals surface area contributed by atoms with Crippen LogP contribution in [-0.2, 0) is 0 Å². The first-order valence-corrected chi connectivity index (χ1v) is 5.82. The summed E-state index contributed by atoms with van der Waals surface area (Å²) < 4.78 is 1.14. The maximum atomic E-state index is 6.05. The second-order valence-corrected chi connectivity index (χ2v) is 4.94. The zero-order chi connectivity index (χ0) is 9.14. The van der Waals surface area contributed by atoms with E-state index < -0.39 is 0 Å². The van der Waals surface area contributed by atoms with E-state index in [2.05, 4.69) is 41.2 Å². The molecule has 2 atom stereocenters. The Morgan fingerprint density at radius 3 is 2.75 bits per heavy atom. The van der Waals surface area contributed by atoms with E-state index in [1.165, 1.54) is 4.88 Å². The minimum atomic E-state index is 0.200. The molecule has 1 unspecified atom stereocenters. The number of nitrogens with two attached hydrogens (primary N) is 1. The molecule has 0 bridgehead atoms. The quantitative estimate of drug-likeness (QED) is 0.869. The van der Waals surface area contributed by atoms with Crippen LogP contribution in [0.15, 0.2) is 15.9 Å². The lowest BCUT2D eigenvalue weighted by molar-refractivity contribution is 0.462. The van der Waals surface area contributed by atoms with Crippen LogP contribution < -0.4 is 5.73 Å². The zero-order valence-corrected chi connectivity index (χ0v) is 9.78. The second-order valence-electron chi connectivity index (χ2n) is 3.08. The number of halogens is 1. The molecule has 0 aliphatic heterocycles. The van der Waals surface area contributed by atoms with Crippen LogP contribution in [0.25, 0.3) is 0 Å². The van der Waals surface area contributed by atoms with Gasteiger partial charge in [-0.1, -0.05) is 20.3 Å². The molecule has 0 spiro atoms. The molecule has 0 aliphatic carbocycles. The number of hydrogen-bond acceptors (Lipinski definition) is 2. The first-order chi connectivity index (χ1) is 5.65. The first-order valence-electron chi connectivity index (χ1n) is 4.14. The molecule has 1 rings (SSSR count). The van der Waals surface area contributed by atoms with E-state index in [0.29, 0.717) is 5.92 Å². The fourth-order valence-corrected chi connectivity index (χ4v) is 2.62. The number of thiophene rings is 1. The van der Waals surface area contributed by atoms with Gasteiger partial charge in [0.2, 0.25) is 0 Å². The van der Waals surface area contributed by atoms with E-state index in [9.17, 15) is 0 Å². The van der Waals surface area contributed by atoms with E-state index in [-0.39, 0.29) is 6.04 Å². The molecule has 0 aromatic carbocycles.